The van der Waals surface area contributed by atoms with E-state index in [-0.39, 0.29) is 18.6 Å². The molecule has 18 heavy (non-hydrogen) atoms. The van der Waals surface area contributed by atoms with Gasteiger partial charge < -0.3 is 15.0 Å². The SMILES string of the molecule is CC1CNCCN1C(=O)COc1cccc(Br)c1. The standard InChI is InChI=1S/C13H17BrN2O2/c1-10-8-15-5-6-16(10)13(17)9-18-12-4-2-3-11(14)7-12/h2-4,7,10,15H,5-6,8-9H2,1H3. The third-order valence-electron chi connectivity index (χ3n) is 2.98. The zero-order chi connectivity index (χ0) is 13.0. The molecular weight excluding hydrogens is 296 g/mol. The van der Waals surface area contributed by atoms with Gasteiger partial charge in [0.15, 0.2) is 6.61 Å². The molecule has 0 bridgehead atoms. The second-order valence-corrected chi connectivity index (χ2v) is 5.30. The van der Waals surface area contributed by atoms with Gasteiger partial charge in [-0.2, -0.15) is 0 Å². The predicted octanol–water partition coefficient (Wildman–Crippen LogP) is 1.65. The van der Waals surface area contributed by atoms with Gasteiger partial charge in [0.05, 0.1) is 0 Å². The number of nitrogens with one attached hydrogen (secondary N) is 1. The fourth-order valence-corrected chi connectivity index (χ4v) is 2.37. The minimum absolute atomic E-state index is 0.0453. The Balaban J connectivity index is 1.88. The van der Waals surface area contributed by atoms with Crippen LogP contribution < -0.4 is 10.1 Å². The smallest absolute Gasteiger partial charge is 0.260 e. The van der Waals surface area contributed by atoms with E-state index in [1.807, 2.05) is 36.1 Å². The highest BCUT2D eigenvalue weighted by Gasteiger charge is 2.22. The molecule has 98 valence electrons. The number of rotatable bonds is 3. The fourth-order valence-electron chi connectivity index (χ4n) is 2.00. The van der Waals surface area contributed by atoms with Gasteiger partial charge in [-0.15, -0.1) is 0 Å². The summed E-state index contributed by atoms with van der Waals surface area (Å²) in [6, 6.07) is 7.75. The maximum Gasteiger partial charge on any atom is 0.260 e. The minimum Gasteiger partial charge on any atom is -0.484 e. The number of carbonyl (C=O) groups is 1. The number of nitrogens with zero attached hydrogens (tertiary/aromatic N) is 1. The summed E-state index contributed by atoms with van der Waals surface area (Å²) in [5, 5.41) is 3.26. The molecule has 0 spiro atoms. The van der Waals surface area contributed by atoms with Crippen LogP contribution in [-0.2, 0) is 4.79 Å². The van der Waals surface area contributed by atoms with Gasteiger partial charge in [0.2, 0.25) is 0 Å². The summed E-state index contributed by atoms with van der Waals surface area (Å²) in [5.41, 5.74) is 0. The Morgan fingerprint density at radius 2 is 2.44 bits per heavy atom. The van der Waals surface area contributed by atoms with E-state index in [1.54, 1.807) is 0 Å². The van der Waals surface area contributed by atoms with Crippen molar-refractivity contribution in [3.05, 3.63) is 28.7 Å². The average Bonchev–Trinajstić information content (AvgIpc) is 2.37. The molecule has 1 atom stereocenters. The highest BCUT2D eigenvalue weighted by molar-refractivity contribution is 9.10. The molecule has 0 aromatic heterocycles. The van der Waals surface area contributed by atoms with Crippen molar-refractivity contribution in [1.82, 2.24) is 10.2 Å². The molecule has 2 rings (SSSR count). The zero-order valence-corrected chi connectivity index (χ0v) is 11.9. The largest absolute Gasteiger partial charge is 0.484 e. The number of benzene rings is 1. The third kappa shape index (κ3) is 3.46. The first-order chi connectivity index (χ1) is 8.66. The number of amides is 1. The summed E-state index contributed by atoms with van der Waals surface area (Å²) in [6.07, 6.45) is 0. The zero-order valence-electron chi connectivity index (χ0n) is 10.4. The third-order valence-corrected chi connectivity index (χ3v) is 3.47. The summed E-state index contributed by atoms with van der Waals surface area (Å²) in [7, 11) is 0. The Hall–Kier alpha value is -1.07. The average molecular weight is 313 g/mol. The molecule has 1 aliphatic rings. The Morgan fingerprint density at radius 3 is 3.17 bits per heavy atom. The number of piperazine rings is 1. The summed E-state index contributed by atoms with van der Waals surface area (Å²) in [4.78, 5) is 13.9. The van der Waals surface area contributed by atoms with Crippen LogP contribution in [-0.4, -0.2) is 43.1 Å². The van der Waals surface area contributed by atoms with Crippen molar-refractivity contribution in [1.29, 1.82) is 0 Å². The molecule has 1 aromatic rings. The van der Waals surface area contributed by atoms with Crippen LogP contribution >= 0.6 is 15.9 Å². The van der Waals surface area contributed by atoms with Crippen LogP contribution in [0.1, 0.15) is 6.92 Å². The van der Waals surface area contributed by atoms with E-state index in [0.29, 0.717) is 5.75 Å². The van der Waals surface area contributed by atoms with Gasteiger partial charge in [0.1, 0.15) is 5.75 Å². The number of ether oxygens (including phenoxy) is 1. The van der Waals surface area contributed by atoms with Gasteiger partial charge in [-0.25, -0.2) is 0 Å². The van der Waals surface area contributed by atoms with Crippen molar-refractivity contribution in [3.63, 3.8) is 0 Å². The molecule has 1 fully saturated rings. The van der Waals surface area contributed by atoms with Crippen LogP contribution in [0.25, 0.3) is 0 Å². The molecular formula is C13H17BrN2O2. The van der Waals surface area contributed by atoms with Gasteiger partial charge >= 0.3 is 0 Å². The predicted molar refractivity (Wildman–Crippen MR) is 73.7 cm³/mol. The minimum atomic E-state index is 0.0453. The lowest BCUT2D eigenvalue weighted by Gasteiger charge is -2.33. The molecule has 1 saturated heterocycles. The van der Waals surface area contributed by atoms with E-state index in [4.69, 9.17) is 4.74 Å². The molecule has 0 aliphatic carbocycles. The van der Waals surface area contributed by atoms with Gasteiger partial charge in [0.25, 0.3) is 5.91 Å². The molecule has 5 heteroatoms. The van der Waals surface area contributed by atoms with Crippen LogP contribution in [0, 0.1) is 0 Å². The first-order valence-electron chi connectivity index (χ1n) is 6.05. The van der Waals surface area contributed by atoms with E-state index < -0.39 is 0 Å². The van der Waals surface area contributed by atoms with Crippen molar-refractivity contribution in [3.8, 4) is 5.75 Å². The van der Waals surface area contributed by atoms with Gasteiger partial charge in [-0.1, -0.05) is 22.0 Å². The molecule has 4 nitrogen and oxygen atoms in total. The lowest BCUT2D eigenvalue weighted by Crippen LogP contribution is -2.53. The molecule has 1 amide bonds. The van der Waals surface area contributed by atoms with E-state index >= 15 is 0 Å². The van der Waals surface area contributed by atoms with Gasteiger partial charge in [0, 0.05) is 30.1 Å². The quantitative estimate of drug-likeness (QED) is 0.922. The first kappa shape index (κ1) is 13.4. The molecule has 1 aromatic carbocycles. The van der Waals surface area contributed by atoms with Crippen molar-refractivity contribution in [2.45, 2.75) is 13.0 Å². The number of carbonyl (C=O) groups excluding carboxylic acids is 1. The first-order valence-corrected chi connectivity index (χ1v) is 6.84. The van der Waals surface area contributed by atoms with E-state index in [9.17, 15) is 4.79 Å². The summed E-state index contributed by atoms with van der Waals surface area (Å²) in [6.45, 7) is 4.60. The number of hydrogen-bond acceptors (Lipinski definition) is 3. The van der Waals surface area contributed by atoms with E-state index in [0.717, 1.165) is 24.1 Å². The fraction of sp³-hybridized carbons (Fsp3) is 0.462. The van der Waals surface area contributed by atoms with Crippen molar-refractivity contribution in [2.24, 2.45) is 0 Å². The van der Waals surface area contributed by atoms with Gasteiger partial charge in [-0.05, 0) is 25.1 Å². The van der Waals surface area contributed by atoms with Crippen LogP contribution in [0.2, 0.25) is 0 Å². The Kier molecular flexibility index (Phi) is 4.60. The molecule has 1 heterocycles. The molecule has 0 radical (unpaired) electrons. The molecule has 1 aliphatic heterocycles. The topological polar surface area (TPSA) is 41.6 Å². The lowest BCUT2D eigenvalue weighted by atomic mass is 10.2. The molecule has 1 N–H and O–H groups in total. The van der Waals surface area contributed by atoms with Crippen LogP contribution in [0.5, 0.6) is 5.75 Å². The Bertz CT molecular complexity index is 425. The second-order valence-electron chi connectivity index (χ2n) is 4.39. The summed E-state index contributed by atoms with van der Waals surface area (Å²) >= 11 is 3.37. The number of halogens is 1. The second kappa shape index (κ2) is 6.20. The van der Waals surface area contributed by atoms with Crippen molar-refractivity contribution < 1.29 is 9.53 Å². The maximum absolute atomic E-state index is 12.0. The van der Waals surface area contributed by atoms with E-state index in [2.05, 4.69) is 21.2 Å². The highest BCUT2D eigenvalue weighted by atomic mass is 79.9. The molecule has 0 saturated carbocycles. The Labute approximate surface area is 115 Å². The number of hydrogen-bond donors (Lipinski definition) is 1. The summed E-state index contributed by atoms with van der Waals surface area (Å²) in [5.74, 6) is 0.754. The maximum atomic E-state index is 12.0. The van der Waals surface area contributed by atoms with Crippen LogP contribution in [0.4, 0.5) is 0 Å². The monoisotopic (exact) mass is 312 g/mol. The van der Waals surface area contributed by atoms with Crippen molar-refractivity contribution in [2.75, 3.05) is 26.2 Å². The van der Waals surface area contributed by atoms with Gasteiger partial charge in [-0.3, -0.25) is 4.79 Å². The summed E-state index contributed by atoms with van der Waals surface area (Å²) < 4.78 is 6.46. The van der Waals surface area contributed by atoms with E-state index in [1.165, 1.54) is 0 Å². The molecule has 1 unspecified atom stereocenters. The van der Waals surface area contributed by atoms with Crippen molar-refractivity contribution >= 4 is 21.8 Å². The van der Waals surface area contributed by atoms with Crippen LogP contribution in [0.3, 0.4) is 0 Å². The Morgan fingerprint density at radius 1 is 1.61 bits per heavy atom. The van der Waals surface area contributed by atoms with Crippen LogP contribution in [0.15, 0.2) is 28.7 Å². The normalized spacial score (nSPS) is 19.7. The highest BCUT2D eigenvalue weighted by Crippen LogP contribution is 2.17. The lowest BCUT2D eigenvalue weighted by molar-refractivity contribution is -0.136.